The topological polar surface area (TPSA) is 90.8 Å². The molecule has 226 valence electrons. The van der Waals surface area contributed by atoms with Gasteiger partial charge in [0, 0.05) is 31.7 Å². The van der Waals surface area contributed by atoms with Crippen LogP contribution in [0.3, 0.4) is 0 Å². The second-order valence-electron chi connectivity index (χ2n) is 11.5. The number of fused-ring (bicyclic) bond motifs is 1. The number of hydrogen-bond acceptors (Lipinski definition) is 4. The van der Waals surface area contributed by atoms with Crippen LogP contribution in [-0.4, -0.2) is 49.7 Å². The van der Waals surface area contributed by atoms with Gasteiger partial charge in [0.25, 0.3) is 0 Å². The predicted octanol–water partition coefficient (Wildman–Crippen LogP) is 7.29. The molecule has 5 aromatic rings. The van der Waals surface area contributed by atoms with Crippen molar-refractivity contribution in [3.05, 3.63) is 131 Å². The molecule has 4 aromatic carbocycles. The highest BCUT2D eigenvalue weighted by atomic mass is 16.5. The molecule has 1 aliphatic heterocycles. The third kappa shape index (κ3) is 7.03. The fourth-order valence-electron chi connectivity index (χ4n) is 6.42. The zero-order valence-electron chi connectivity index (χ0n) is 24.7. The predicted molar refractivity (Wildman–Crippen MR) is 172 cm³/mol. The maximum Gasteiger partial charge on any atom is 0.407 e. The number of H-pyrrole nitrogens is 1. The molecule has 0 spiro atoms. The van der Waals surface area contributed by atoms with Crippen LogP contribution in [0.2, 0.25) is 0 Å². The molecule has 0 radical (unpaired) electrons. The van der Waals surface area contributed by atoms with Gasteiger partial charge in [0.15, 0.2) is 0 Å². The molecular weight excluding hydrogens is 552 g/mol. The SMILES string of the molecule is O=C(O)N1CC[C@H](n2c(=O)[nH]c3ccccc32)C[C@@H]1CCCN(Cc1ccccc1)Cc1cccc(Oc2ccccc2)c1. The van der Waals surface area contributed by atoms with Gasteiger partial charge >= 0.3 is 11.8 Å². The first-order valence-electron chi connectivity index (χ1n) is 15.3. The molecule has 1 amide bonds. The number of amides is 1. The highest BCUT2D eigenvalue weighted by Gasteiger charge is 2.33. The number of imidazole rings is 1. The Hall–Kier alpha value is -4.82. The Morgan fingerprint density at radius 2 is 1.55 bits per heavy atom. The molecule has 0 unspecified atom stereocenters. The second-order valence-corrected chi connectivity index (χ2v) is 11.5. The standard InChI is InChI=1S/C36H38N4O4/c41-35-37-33-18-7-8-19-34(33)40(35)30-20-22-39(36(42)43)29(24-30)14-10-21-38(25-27-11-3-1-4-12-27)26-28-13-9-17-32(23-28)44-31-15-5-2-6-16-31/h1-9,11-13,15-19,23,29-30H,10,14,20-22,24-26H2,(H,37,41)(H,42,43)/t29-,30-/m0/s1. The number of nitrogens with one attached hydrogen (secondary N) is 1. The molecule has 0 aliphatic carbocycles. The number of aromatic nitrogens is 2. The third-order valence-electron chi connectivity index (χ3n) is 8.47. The number of aromatic amines is 1. The van der Waals surface area contributed by atoms with E-state index in [0.29, 0.717) is 19.4 Å². The van der Waals surface area contributed by atoms with Crippen LogP contribution in [0.15, 0.2) is 114 Å². The number of ether oxygens (including phenoxy) is 1. The molecule has 2 heterocycles. The number of piperidine rings is 1. The lowest BCUT2D eigenvalue weighted by Crippen LogP contribution is -2.47. The number of nitrogens with zero attached hydrogens (tertiary/aromatic N) is 3. The average Bonchev–Trinajstić information content (AvgIpc) is 3.37. The summed E-state index contributed by atoms with van der Waals surface area (Å²) < 4.78 is 7.91. The van der Waals surface area contributed by atoms with E-state index < -0.39 is 6.09 Å². The van der Waals surface area contributed by atoms with E-state index >= 15 is 0 Å². The molecule has 2 N–H and O–H groups in total. The second kappa shape index (κ2) is 13.7. The van der Waals surface area contributed by atoms with Gasteiger partial charge in [-0.05, 0) is 79.8 Å². The van der Waals surface area contributed by atoms with Crippen LogP contribution in [0.5, 0.6) is 11.5 Å². The van der Waals surface area contributed by atoms with Crippen LogP contribution in [0, 0.1) is 0 Å². The van der Waals surface area contributed by atoms with Gasteiger partial charge in [-0.25, -0.2) is 9.59 Å². The van der Waals surface area contributed by atoms with Crippen LogP contribution >= 0.6 is 0 Å². The summed E-state index contributed by atoms with van der Waals surface area (Å²) in [5, 5.41) is 10.0. The van der Waals surface area contributed by atoms with Crippen LogP contribution < -0.4 is 10.4 Å². The van der Waals surface area contributed by atoms with E-state index in [0.717, 1.165) is 60.6 Å². The fourth-order valence-corrected chi connectivity index (χ4v) is 6.42. The molecule has 6 rings (SSSR count). The summed E-state index contributed by atoms with van der Waals surface area (Å²) in [7, 11) is 0. The minimum Gasteiger partial charge on any atom is -0.465 e. The number of hydrogen-bond donors (Lipinski definition) is 2. The smallest absolute Gasteiger partial charge is 0.407 e. The van der Waals surface area contributed by atoms with Crippen LogP contribution in [0.25, 0.3) is 11.0 Å². The minimum atomic E-state index is -0.893. The van der Waals surface area contributed by atoms with Crippen molar-refractivity contribution in [2.24, 2.45) is 0 Å². The fraction of sp³-hybridized carbons (Fsp3) is 0.278. The van der Waals surface area contributed by atoms with Gasteiger partial charge in [-0.2, -0.15) is 0 Å². The number of carboxylic acid groups (broad SMARTS) is 1. The van der Waals surface area contributed by atoms with Crippen LogP contribution in [-0.2, 0) is 13.1 Å². The summed E-state index contributed by atoms with van der Waals surface area (Å²) in [6.07, 6.45) is 1.90. The number of benzene rings is 4. The minimum absolute atomic E-state index is 0.0490. The summed E-state index contributed by atoms with van der Waals surface area (Å²) >= 11 is 0. The Labute approximate surface area is 257 Å². The molecule has 44 heavy (non-hydrogen) atoms. The van der Waals surface area contributed by atoms with Gasteiger partial charge in [-0.1, -0.05) is 72.8 Å². The van der Waals surface area contributed by atoms with Crippen molar-refractivity contribution in [2.75, 3.05) is 13.1 Å². The highest BCUT2D eigenvalue weighted by Crippen LogP contribution is 2.31. The summed E-state index contributed by atoms with van der Waals surface area (Å²) in [5.41, 5.74) is 3.93. The first-order chi connectivity index (χ1) is 21.5. The molecule has 0 bridgehead atoms. The Kier molecular flexibility index (Phi) is 9.08. The van der Waals surface area contributed by atoms with Crippen molar-refractivity contribution in [1.29, 1.82) is 0 Å². The largest absolute Gasteiger partial charge is 0.465 e. The average molecular weight is 591 g/mol. The van der Waals surface area contributed by atoms with Crippen LogP contribution in [0.1, 0.15) is 42.9 Å². The van der Waals surface area contributed by atoms with Crippen molar-refractivity contribution in [2.45, 2.75) is 50.9 Å². The maximum absolute atomic E-state index is 12.9. The van der Waals surface area contributed by atoms with E-state index in [1.165, 1.54) is 5.56 Å². The summed E-state index contributed by atoms with van der Waals surface area (Å²) in [6, 6.07) is 35.9. The molecule has 8 heteroatoms. The van der Waals surface area contributed by atoms with Gasteiger partial charge in [0.2, 0.25) is 0 Å². The first kappa shape index (κ1) is 29.3. The number of para-hydroxylation sites is 3. The van der Waals surface area contributed by atoms with E-state index in [1.807, 2.05) is 77.4 Å². The highest BCUT2D eigenvalue weighted by molar-refractivity contribution is 5.75. The molecule has 1 aliphatic rings. The van der Waals surface area contributed by atoms with E-state index in [-0.39, 0.29) is 17.8 Å². The molecule has 1 saturated heterocycles. The molecule has 1 fully saturated rings. The number of rotatable bonds is 11. The number of likely N-dealkylation sites (tertiary alicyclic amines) is 1. The zero-order valence-corrected chi connectivity index (χ0v) is 24.7. The van der Waals surface area contributed by atoms with Crippen molar-refractivity contribution >= 4 is 17.1 Å². The van der Waals surface area contributed by atoms with Gasteiger partial charge in [0.05, 0.1) is 11.0 Å². The molecule has 8 nitrogen and oxygen atoms in total. The summed E-state index contributed by atoms with van der Waals surface area (Å²) in [4.78, 5) is 32.0. The Morgan fingerprint density at radius 1 is 0.864 bits per heavy atom. The van der Waals surface area contributed by atoms with E-state index in [4.69, 9.17) is 4.74 Å². The van der Waals surface area contributed by atoms with Crippen LogP contribution in [0.4, 0.5) is 4.79 Å². The van der Waals surface area contributed by atoms with E-state index in [1.54, 1.807) is 4.90 Å². The lowest BCUT2D eigenvalue weighted by Gasteiger charge is -2.38. The maximum atomic E-state index is 12.9. The summed E-state index contributed by atoms with van der Waals surface area (Å²) in [5.74, 6) is 1.60. The monoisotopic (exact) mass is 590 g/mol. The first-order valence-corrected chi connectivity index (χ1v) is 15.3. The molecule has 1 aromatic heterocycles. The Morgan fingerprint density at radius 3 is 2.34 bits per heavy atom. The van der Waals surface area contributed by atoms with E-state index in [2.05, 4.69) is 46.3 Å². The summed E-state index contributed by atoms with van der Waals surface area (Å²) in [6.45, 7) is 2.74. The van der Waals surface area contributed by atoms with E-state index in [9.17, 15) is 14.7 Å². The molecule has 0 saturated carbocycles. The van der Waals surface area contributed by atoms with Gasteiger partial charge in [0.1, 0.15) is 11.5 Å². The van der Waals surface area contributed by atoms with Crippen molar-refractivity contribution in [3.63, 3.8) is 0 Å². The Balaban J connectivity index is 1.15. The van der Waals surface area contributed by atoms with Gasteiger partial charge < -0.3 is 19.7 Å². The zero-order chi connectivity index (χ0) is 30.3. The molecule has 2 atom stereocenters. The lowest BCUT2D eigenvalue weighted by molar-refractivity contribution is 0.0853. The lowest BCUT2D eigenvalue weighted by atomic mass is 9.93. The normalized spacial score (nSPS) is 16.8. The Bertz CT molecular complexity index is 1730. The van der Waals surface area contributed by atoms with Gasteiger partial charge in [-0.15, -0.1) is 0 Å². The third-order valence-corrected chi connectivity index (χ3v) is 8.47. The van der Waals surface area contributed by atoms with Crippen molar-refractivity contribution in [3.8, 4) is 11.5 Å². The van der Waals surface area contributed by atoms with Crippen molar-refractivity contribution in [1.82, 2.24) is 19.4 Å². The van der Waals surface area contributed by atoms with Crippen molar-refractivity contribution < 1.29 is 14.6 Å². The van der Waals surface area contributed by atoms with Gasteiger partial charge in [-0.3, -0.25) is 9.47 Å². The number of carbonyl (C=O) groups is 1. The quantitative estimate of drug-likeness (QED) is 0.169. The molecular formula is C36H38N4O4.